The van der Waals surface area contributed by atoms with Gasteiger partial charge in [0.1, 0.15) is 5.82 Å². The Kier molecular flexibility index (Phi) is 4.79. The van der Waals surface area contributed by atoms with E-state index in [-0.39, 0.29) is 23.0 Å². The van der Waals surface area contributed by atoms with Gasteiger partial charge in [-0.05, 0) is 19.9 Å². The van der Waals surface area contributed by atoms with Crippen molar-refractivity contribution >= 4 is 11.6 Å². The van der Waals surface area contributed by atoms with E-state index in [1.165, 1.54) is 0 Å². The van der Waals surface area contributed by atoms with Crippen LogP contribution >= 0.6 is 11.6 Å². The molecule has 1 aliphatic rings. The Labute approximate surface area is 118 Å². The first-order chi connectivity index (χ1) is 9.06. The fourth-order valence-corrected chi connectivity index (χ4v) is 2.84. The van der Waals surface area contributed by atoms with Crippen LogP contribution in [0.1, 0.15) is 25.5 Å². The Bertz CT molecular complexity index is 441. The minimum Gasteiger partial charge on any atom is -0.374 e. The van der Waals surface area contributed by atoms with Crippen LogP contribution in [0, 0.1) is 5.82 Å². The lowest BCUT2D eigenvalue weighted by molar-refractivity contribution is -0.0799. The largest absolute Gasteiger partial charge is 0.374 e. The maximum Gasteiger partial charge on any atom is 0.146 e. The molecule has 1 aromatic carbocycles. The first-order valence-electron chi connectivity index (χ1n) is 6.57. The van der Waals surface area contributed by atoms with Gasteiger partial charge in [0, 0.05) is 24.7 Å². The molecule has 2 unspecified atom stereocenters. The standard InChI is InChI=1S/C14H20ClFN2O/c1-9(2)18-6-7-19-12(8-17)14(18)10-4-3-5-11(15)13(10)16/h3-5,9,12,14H,6-8,17H2,1-2H3. The van der Waals surface area contributed by atoms with Gasteiger partial charge < -0.3 is 10.5 Å². The Balaban J connectivity index is 2.42. The summed E-state index contributed by atoms with van der Waals surface area (Å²) >= 11 is 5.89. The zero-order valence-electron chi connectivity index (χ0n) is 11.3. The third-order valence-corrected chi connectivity index (χ3v) is 3.88. The fourth-order valence-electron chi connectivity index (χ4n) is 2.66. The summed E-state index contributed by atoms with van der Waals surface area (Å²) in [4.78, 5) is 2.22. The van der Waals surface area contributed by atoms with E-state index in [2.05, 4.69) is 18.7 Å². The molecule has 2 N–H and O–H groups in total. The maximum atomic E-state index is 14.3. The van der Waals surface area contributed by atoms with Crippen LogP contribution in [0.2, 0.25) is 5.02 Å². The fraction of sp³-hybridized carbons (Fsp3) is 0.571. The molecule has 2 rings (SSSR count). The van der Waals surface area contributed by atoms with Crippen LogP contribution < -0.4 is 5.73 Å². The molecule has 1 aromatic rings. The molecule has 0 spiro atoms. The van der Waals surface area contributed by atoms with E-state index in [0.29, 0.717) is 24.8 Å². The molecule has 1 heterocycles. The molecule has 1 fully saturated rings. The van der Waals surface area contributed by atoms with Crippen molar-refractivity contribution in [2.75, 3.05) is 19.7 Å². The predicted octanol–water partition coefficient (Wildman–Crippen LogP) is 2.59. The van der Waals surface area contributed by atoms with Crippen LogP contribution in [0.5, 0.6) is 0 Å². The van der Waals surface area contributed by atoms with E-state index >= 15 is 0 Å². The number of morpholine rings is 1. The summed E-state index contributed by atoms with van der Waals surface area (Å²) in [7, 11) is 0. The third kappa shape index (κ3) is 2.92. The highest BCUT2D eigenvalue weighted by molar-refractivity contribution is 6.30. The monoisotopic (exact) mass is 286 g/mol. The smallest absolute Gasteiger partial charge is 0.146 e. The van der Waals surface area contributed by atoms with Gasteiger partial charge in [-0.1, -0.05) is 23.7 Å². The van der Waals surface area contributed by atoms with Gasteiger partial charge in [-0.25, -0.2) is 4.39 Å². The molecular weight excluding hydrogens is 267 g/mol. The molecule has 3 nitrogen and oxygen atoms in total. The molecule has 19 heavy (non-hydrogen) atoms. The molecule has 0 amide bonds. The average Bonchev–Trinajstić information content (AvgIpc) is 2.41. The molecule has 1 saturated heterocycles. The maximum absolute atomic E-state index is 14.3. The molecule has 0 bridgehead atoms. The minimum absolute atomic E-state index is 0.141. The number of halogens is 2. The number of hydrogen-bond acceptors (Lipinski definition) is 3. The second-order valence-electron chi connectivity index (χ2n) is 5.06. The summed E-state index contributed by atoms with van der Waals surface area (Å²) in [5.74, 6) is -0.372. The summed E-state index contributed by atoms with van der Waals surface area (Å²) in [5.41, 5.74) is 6.34. The van der Waals surface area contributed by atoms with E-state index < -0.39 is 0 Å². The van der Waals surface area contributed by atoms with Crippen LogP contribution in [-0.2, 0) is 4.74 Å². The van der Waals surface area contributed by atoms with Crippen LogP contribution in [0.4, 0.5) is 4.39 Å². The van der Waals surface area contributed by atoms with E-state index in [4.69, 9.17) is 22.1 Å². The normalized spacial score (nSPS) is 24.9. The Morgan fingerprint density at radius 1 is 1.53 bits per heavy atom. The molecule has 0 aromatic heterocycles. The van der Waals surface area contributed by atoms with E-state index in [1.807, 2.05) is 0 Å². The zero-order valence-corrected chi connectivity index (χ0v) is 12.0. The SMILES string of the molecule is CC(C)N1CCOC(CN)C1c1cccc(Cl)c1F. The van der Waals surface area contributed by atoms with Crippen molar-refractivity contribution in [1.82, 2.24) is 4.90 Å². The number of hydrogen-bond donors (Lipinski definition) is 1. The Hall–Kier alpha value is -0.680. The molecule has 106 valence electrons. The third-order valence-electron chi connectivity index (χ3n) is 3.59. The number of nitrogens with two attached hydrogens (primary N) is 1. The predicted molar refractivity (Wildman–Crippen MR) is 74.8 cm³/mol. The summed E-state index contributed by atoms with van der Waals surface area (Å²) in [6.45, 7) is 5.94. The van der Waals surface area contributed by atoms with Gasteiger partial charge in [-0.15, -0.1) is 0 Å². The number of ether oxygens (including phenoxy) is 1. The minimum atomic E-state index is -0.372. The first-order valence-corrected chi connectivity index (χ1v) is 6.95. The summed E-state index contributed by atoms with van der Waals surface area (Å²) in [6, 6.07) is 5.19. The zero-order chi connectivity index (χ0) is 14.0. The van der Waals surface area contributed by atoms with Gasteiger partial charge in [0.05, 0.1) is 23.8 Å². The summed E-state index contributed by atoms with van der Waals surface area (Å²) in [5, 5.41) is 0.141. The molecule has 0 saturated carbocycles. The molecular formula is C14H20ClFN2O. The molecule has 0 radical (unpaired) electrons. The number of benzene rings is 1. The molecule has 5 heteroatoms. The Morgan fingerprint density at radius 3 is 2.89 bits per heavy atom. The van der Waals surface area contributed by atoms with Crippen molar-refractivity contribution in [3.63, 3.8) is 0 Å². The van der Waals surface area contributed by atoms with Crippen LogP contribution in [0.3, 0.4) is 0 Å². The second-order valence-corrected chi connectivity index (χ2v) is 5.47. The van der Waals surface area contributed by atoms with E-state index in [9.17, 15) is 4.39 Å². The van der Waals surface area contributed by atoms with Gasteiger partial charge in [0.2, 0.25) is 0 Å². The Morgan fingerprint density at radius 2 is 2.26 bits per heavy atom. The van der Waals surface area contributed by atoms with Crippen molar-refractivity contribution in [1.29, 1.82) is 0 Å². The van der Waals surface area contributed by atoms with Gasteiger partial charge in [0.15, 0.2) is 0 Å². The van der Waals surface area contributed by atoms with Crippen molar-refractivity contribution in [3.05, 3.63) is 34.6 Å². The highest BCUT2D eigenvalue weighted by Gasteiger charge is 2.36. The summed E-state index contributed by atoms with van der Waals surface area (Å²) in [6.07, 6.45) is -0.205. The van der Waals surface area contributed by atoms with Crippen molar-refractivity contribution in [2.24, 2.45) is 5.73 Å². The topological polar surface area (TPSA) is 38.5 Å². The first kappa shape index (κ1) is 14.7. The highest BCUT2D eigenvalue weighted by atomic mass is 35.5. The highest BCUT2D eigenvalue weighted by Crippen LogP contribution is 2.34. The lowest BCUT2D eigenvalue weighted by Gasteiger charge is -2.43. The van der Waals surface area contributed by atoms with Crippen LogP contribution in [0.15, 0.2) is 18.2 Å². The lowest BCUT2D eigenvalue weighted by Crippen LogP contribution is -2.51. The second kappa shape index (κ2) is 6.18. The van der Waals surface area contributed by atoms with Gasteiger partial charge >= 0.3 is 0 Å². The van der Waals surface area contributed by atoms with Crippen molar-refractivity contribution in [2.45, 2.75) is 32.0 Å². The molecule has 0 aliphatic carbocycles. The number of nitrogens with zero attached hydrogens (tertiary/aromatic N) is 1. The van der Waals surface area contributed by atoms with Crippen LogP contribution in [0.25, 0.3) is 0 Å². The lowest BCUT2D eigenvalue weighted by atomic mass is 9.96. The van der Waals surface area contributed by atoms with Crippen molar-refractivity contribution in [3.8, 4) is 0 Å². The molecule has 1 aliphatic heterocycles. The van der Waals surface area contributed by atoms with Gasteiger partial charge in [0.25, 0.3) is 0 Å². The summed E-state index contributed by atoms with van der Waals surface area (Å²) < 4.78 is 20.0. The van der Waals surface area contributed by atoms with Gasteiger partial charge in [-0.2, -0.15) is 0 Å². The van der Waals surface area contributed by atoms with Crippen molar-refractivity contribution < 1.29 is 9.13 Å². The quantitative estimate of drug-likeness (QED) is 0.928. The van der Waals surface area contributed by atoms with E-state index in [1.54, 1.807) is 18.2 Å². The molecule has 2 atom stereocenters. The average molecular weight is 287 g/mol. The van der Waals surface area contributed by atoms with Crippen LogP contribution in [-0.4, -0.2) is 36.7 Å². The van der Waals surface area contributed by atoms with E-state index in [0.717, 1.165) is 6.54 Å². The number of rotatable bonds is 3. The van der Waals surface area contributed by atoms with Gasteiger partial charge in [-0.3, -0.25) is 4.90 Å².